The lowest BCUT2D eigenvalue weighted by atomic mass is 10.1. The van der Waals surface area contributed by atoms with Gasteiger partial charge in [-0.15, -0.1) is 0 Å². The van der Waals surface area contributed by atoms with E-state index >= 15 is 0 Å². The van der Waals surface area contributed by atoms with E-state index in [1.807, 2.05) is 27.7 Å². The molecule has 0 radical (unpaired) electrons. The summed E-state index contributed by atoms with van der Waals surface area (Å²) in [6.45, 7) is 7.60. The maximum absolute atomic E-state index is 12.2. The lowest BCUT2D eigenvalue weighted by Gasteiger charge is -2.40. The first-order valence-corrected chi connectivity index (χ1v) is 8.94. The Morgan fingerprint density at radius 1 is 1.18 bits per heavy atom. The summed E-state index contributed by atoms with van der Waals surface area (Å²) in [6, 6.07) is 6.59. The average Bonchev–Trinajstić information content (AvgIpc) is 2.44. The number of rotatable bonds is 5. The highest BCUT2D eigenvalue weighted by Gasteiger charge is 2.35. The zero-order chi connectivity index (χ0) is 16.4. The number of aryl methyl sites for hydroxylation is 1. The van der Waals surface area contributed by atoms with Crippen LogP contribution in [0.5, 0.6) is 0 Å². The fourth-order valence-electron chi connectivity index (χ4n) is 2.51. The average molecular weight is 328 g/mol. The molecule has 1 saturated heterocycles. The molecule has 6 heteroatoms. The Labute approximate surface area is 132 Å². The molecule has 1 aliphatic heterocycles. The van der Waals surface area contributed by atoms with Gasteiger partial charge in [0.25, 0.3) is 10.1 Å². The van der Waals surface area contributed by atoms with Gasteiger partial charge in [-0.2, -0.15) is 8.42 Å². The van der Waals surface area contributed by atoms with Crippen molar-refractivity contribution in [2.24, 2.45) is 0 Å². The normalized spacial score (nSPS) is 25.1. The minimum atomic E-state index is -3.76. The molecule has 1 aromatic carbocycles. The minimum Gasteiger partial charge on any atom is -0.347 e. The zero-order valence-corrected chi connectivity index (χ0v) is 14.4. The maximum Gasteiger partial charge on any atom is 0.297 e. The van der Waals surface area contributed by atoms with E-state index < -0.39 is 15.9 Å². The van der Waals surface area contributed by atoms with E-state index in [0.717, 1.165) is 12.0 Å². The fourth-order valence-corrected chi connectivity index (χ4v) is 3.45. The van der Waals surface area contributed by atoms with Gasteiger partial charge in [-0.05, 0) is 39.3 Å². The van der Waals surface area contributed by atoms with Crippen LogP contribution in [0.1, 0.15) is 39.2 Å². The van der Waals surface area contributed by atoms with Crippen molar-refractivity contribution >= 4 is 10.1 Å². The van der Waals surface area contributed by atoms with Crippen molar-refractivity contribution in [3.05, 3.63) is 29.8 Å². The van der Waals surface area contributed by atoms with E-state index in [9.17, 15) is 8.42 Å². The highest BCUT2D eigenvalue weighted by Crippen LogP contribution is 2.28. The monoisotopic (exact) mass is 328 g/mol. The van der Waals surface area contributed by atoms with Gasteiger partial charge in [-0.3, -0.25) is 4.18 Å². The number of hydrogen-bond donors (Lipinski definition) is 0. The molecular weight excluding hydrogens is 304 g/mol. The summed E-state index contributed by atoms with van der Waals surface area (Å²) in [5, 5.41) is 0. The van der Waals surface area contributed by atoms with Gasteiger partial charge in [-0.1, -0.05) is 24.6 Å². The van der Waals surface area contributed by atoms with E-state index in [2.05, 4.69) is 0 Å². The van der Waals surface area contributed by atoms with Crippen LogP contribution >= 0.6 is 0 Å². The Balaban J connectivity index is 2.00. The highest BCUT2D eigenvalue weighted by molar-refractivity contribution is 7.86. The van der Waals surface area contributed by atoms with Crippen LogP contribution in [-0.4, -0.2) is 33.0 Å². The molecule has 0 saturated carbocycles. The molecule has 0 unspecified atom stereocenters. The molecule has 0 aliphatic carbocycles. The van der Waals surface area contributed by atoms with Crippen LogP contribution < -0.4 is 0 Å². The van der Waals surface area contributed by atoms with Crippen LogP contribution in [0.3, 0.4) is 0 Å². The topological polar surface area (TPSA) is 61.8 Å². The van der Waals surface area contributed by atoms with Crippen molar-refractivity contribution in [3.63, 3.8) is 0 Å². The largest absolute Gasteiger partial charge is 0.347 e. The van der Waals surface area contributed by atoms with Crippen molar-refractivity contribution in [1.82, 2.24) is 0 Å². The first-order chi connectivity index (χ1) is 10.2. The van der Waals surface area contributed by atoms with Crippen LogP contribution in [0.2, 0.25) is 0 Å². The summed E-state index contributed by atoms with van der Waals surface area (Å²) in [4.78, 5) is 0.163. The summed E-state index contributed by atoms with van der Waals surface area (Å²) in [5.41, 5.74) is 0.999. The Kier molecular flexibility index (Phi) is 5.27. The summed E-state index contributed by atoms with van der Waals surface area (Å²) in [7, 11) is -3.76. The Hall–Kier alpha value is -0.950. The molecule has 0 aromatic heterocycles. The van der Waals surface area contributed by atoms with Crippen molar-refractivity contribution in [1.29, 1.82) is 0 Å². The Morgan fingerprint density at radius 2 is 1.77 bits per heavy atom. The van der Waals surface area contributed by atoms with E-state index in [1.54, 1.807) is 24.3 Å². The van der Waals surface area contributed by atoms with Crippen molar-refractivity contribution in [3.8, 4) is 0 Å². The molecule has 2 rings (SSSR count). The zero-order valence-electron chi connectivity index (χ0n) is 13.5. The van der Waals surface area contributed by atoms with Crippen LogP contribution in [0, 0.1) is 6.92 Å². The van der Waals surface area contributed by atoms with Gasteiger partial charge < -0.3 is 9.47 Å². The molecule has 0 bridgehead atoms. The minimum absolute atomic E-state index is 0.000496. The van der Waals surface area contributed by atoms with Gasteiger partial charge in [0.15, 0.2) is 5.79 Å². The molecular formula is C16H24O5S. The third-order valence-corrected chi connectivity index (χ3v) is 4.90. The number of benzene rings is 1. The fraction of sp³-hybridized carbons (Fsp3) is 0.625. The van der Waals surface area contributed by atoms with Crippen LogP contribution in [0.25, 0.3) is 0 Å². The Bertz CT molecular complexity index is 591. The second-order valence-electron chi connectivity index (χ2n) is 6.08. The predicted octanol–water partition coefficient (Wildman–Crippen LogP) is 3.02. The third-order valence-electron chi connectivity index (χ3n) is 3.60. The van der Waals surface area contributed by atoms with Crippen molar-refractivity contribution in [2.45, 2.75) is 63.4 Å². The highest BCUT2D eigenvalue weighted by atomic mass is 32.2. The van der Waals surface area contributed by atoms with Gasteiger partial charge in [0.05, 0.1) is 23.7 Å². The maximum atomic E-state index is 12.2. The molecule has 1 heterocycles. The number of hydrogen-bond acceptors (Lipinski definition) is 5. The quantitative estimate of drug-likeness (QED) is 0.778. The third kappa shape index (κ3) is 4.52. The molecule has 22 heavy (non-hydrogen) atoms. The molecule has 1 aliphatic rings. The summed E-state index contributed by atoms with van der Waals surface area (Å²) in [5.74, 6) is -0.722. The first-order valence-electron chi connectivity index (χ1n) is 7.53. The van der Waals surface area contributed by atoms with Crippen LogP contribution in [0.4, 0.5) is 0 Å². The van der Waals surface area contributed by atoms with Crippen LogP contribution in [0.15, 0.2) is 29.2 Å². The molecule has 124 valence electrons. The van der Waals surface area contributed by atoms with E-state index in [1.165, 1.54) is 0 Å². The van der Waals surface area contributed by atoms with Gasteiger partial charge in [0.2, 0.25) is 0 Å². The SMILES string of the molecule is CC[C@@H]1C[C@H](COS(=O)(=O)c2ccc(C)cc2)OC(C)(C)O1. The molecule has 1 aromatic rings. The Morgan fingerprint density at radius 3 is 2.36 bits per heavy atom. The van der Waals surface area contributed by atoms with Gasteiger partial charge in [0.1, 0.15) is 0 Å². The molecule has 2 atom stereocenters. The molecule has 0 N–H and O–H groups in total. The second-order valence-corrected chi connectivity index (χ2v) is 7.69. The summed E-state index contributed by atoms with van der Waals surface area (Å²) < 4.78 is 41.1. The smallest absolute Gasteiger partial charge is 0.297 e. The standard InChI is InChI=1S/C16H24O5S/c1-5-13-10-14(21-16(3,4)20-13)11-19-22(17,18)15-8-6-12(2)7-9-15/h6-9,13-14H,5,10-11H2,1-4H3/t13-,14-/m1/s1. The van der Waals surface area contributed by atoms with Crippen molar-refractivity contribution < 1.29 is 22.1 Å². The lowest BCUT2D eigenvalue weighted by molar-refractivity contribution is -0.302. The predicted molar refractivity (Wildman–Crippen MR) is 83.0 cm³/mol. The van der Waals surface area contributed by atoms with Gasteiger partial charge in [-0.25, -0.2) is 0 Å². The lowest BCUT2D eigenvalue weighted by Crippen LogP contribution is -2.46. The number of ether oxygens (including phenoxy) is 2. The molecule has 1 fully saturated rings. The van der Waals surface area contributed by atoms with Gasteiger partial charge >= 0.3 is 0 Å². The van der Waals surface area contributed by atoms with Crippen molar-refractivity contribution in [2.75, 3.05) is 6.61 Å². The van der Waals surface area contributed by atoms with E-state index in [4.69, 9.17) is 13.7 Å². The van der Waals surface area contributed by atoms with E-state index in [-0.39, 0.29) is 23.7 Å². The molecule has 5 nitrogen and oxygen atoms in total. The van der Waals surface area contributed by atoms with E-state index in [0.29, 0.717) is 6.42 Å². The molecule has 0 spiro atoms. The summed E-state index contributed by atoms with van der Waals surface area (Å²) in [6.07, 6.45) is 1.24. The summed E-state index contributed by atoms with van der Waals surface area (Å²) >= 11 is 0. The molecule has 0 amide bonds. The van der Waals surface area contributed by atoms with Gasteiger partial charge in [0, 0.05) is 6.42 Å². The second kappa shape index (κ2) is 6.66. The first kappa shape index (κ1) is 17.4. The van der Waals surface area contributed by atoms with Crippen LogP contribution in [-0.2, 0) is 23.8 Å².